The predicted molar refractivity (Wildman–Crippen MR) is 76.4 cm³/mol. The fourth-order valence-corrected chi connectivity index (χ4v) is 3.13. The van der Waals surface area contributed by atoms with Crippen molar-refractivity contribution in [2.24, 2.45) is 0 Å². The summed E-state index contributed by atoms with van der Waals surface area (Å²) in [5.41, 5.74) is 1.21. The lowest BCUT2D eigenvalue weighted by atomic mass is 10.1. The molecule has 0 amide bonds. The fraction of sp³-hybridized carbons (Fsp3) is 0.429. The smallest absolute Gasteiger partial charge is 0.228 e. The Bertz CT molecular complexity index is 508. The summed E-state index contributed by atoms with van der Waals surface area (Å²) in [6.45, 7) is 1.07. The van der Waals surface area contributed by atoms with Crippen LogP contribution in [0.15, 0.2) is 34.9 Å². The van der Waals surface area contributed by atoms with Crippen LogP contribution in [0.2, 0.25) is 0 Å². The minimum absolute atomic E-state index is 0.462. The lowest BCUT2D eigenvalue weighted by Gasteiger charge is -2.21. The number of rotatable bonds is 4. The molecule has 1 unspecified atom stereocenters. The van der Waals surface area contributed by atoms with Crippen LogP contribution in [0, 0.1) is 0 Å². The average molecular weight is 275 g/mol. The van der Waals surface area contributed by atoms with E-state index in [1.807, 2.05) is 30.0 Å². The lowest BCUT2D eigenvalue weighted by Crippen LogP contribution is -2.38. The molecule has 100 valence electrons. The van der Waals surface area contributed by atoms with E-state index in [1.54, 1.807) is 0 Å². The van der Waals surface area contributed by atoms with Crippen LogP contribution in [0.3, 0.4) is 0 Å². The van der Waals surface area contributed by atoms with E-state index in [1.165, 1.54) is 11.3 Å². The van der Waals surface area contributed by atoms with E-state index in [2.05, 4.69) is 27.6 Å². The molecule has 1 saturated heterocycles. The summed E-state index contributed by atoms with van der Waals surface area (Å²) < 4.78 is 5.33. The first-order valence-electron chi connectivity index (χ1n) is 6.56. The highest BCUT2D eigenvalue weighted by Gasteiger charge is 2.17. The summed E-state index contributed by atoms with van der Waals surface area (Å²) in [7, 11) is 0. The largest absolute Gasteiger partial charge is 0.339 e. The van der Waals surface area contributed by atoms with Crippen LogP contribution < -0.4 is 5.32 Å². The van der Waals surface area contributed by atoms with Crippen LogP contribution in [0.25, 0.3) is 0 Å². The number of hydrogen-bond acceptors (Lipinski definition) is 5. The zero-order valence-corrected chi connectivity index (χ0v) is 11.5. The molecule has 1 N–H and O–H groups in total. The van der Waals surface area contributed by atoms with E-state index in [-0.39, 0.29) is 0 Å². The Hall–Kier alpha value is -1.33. The Morgan fingerprint density at radius 3 is 3.00 bits per heavy atom. The van der Waals surface area contributed by atoms with E-state index < -0.39 is 0 Å². The number of nitrogens with one attached hydrogen (secondary N) is 1. The molecule has 1 aliphatic heterocycles. The zero-order chi connectivity index (χ0) is 12.9. The molecule has 0 spiro atoms. The van der Waals surface area contributed by atoms with E-state index in [9.17, 15) is 0 Å². The van der Waals surface area contributed by atoms with Crippen molar-refractivity contribution in [2.45, 2.75) is 18.9 Å². The van der Waals surface area contributed by atoms with Gasteiger partial charge in [0.15, 0.2) is 5.82 Å². The molecule has 3 rings (SSSR count). The second-order valence-electron chi connectivity index (χ2n) is 4.70. The van der Waals surface area contributed by atoms with Gasteiger partial charge >= 0.3 is 0 Å². The van der Waals surface area contributed by atoms with Gasteiger partial charge in [0.25, 0.3) is 0 Å². The van der Waals surface area contributed by atoms with Gasteiger partial charge in [0, 0.05) is 36.9 Å². The summed E-state index contributed by atoms with van der Waals surface area (Å²) in [6, 6.07) is 10.7. The fourth-order valence-electron chi connectivity index (χ4n) is 2.18. The van der Waals surface area contributed by atoms with Crippen LogP contribution in [-0.4, -0.2) is 34.2 Å². The maximum Gasteiger partial charge on any atom is 0.228 e. The summed E-state index contributed by atoms with van der Waals surface area (Å²) in [4.78, 5) is 4.47. The summed E-state index contributed by atoms with van der Waals surface area (Å²) in [6.07, 6.45) is 1.56. The molecule has 4 nitrogen and oxygen atoms in total. The van der Waals surface area contributed by atoms with Gasteiger partial charge in [-0.15, -0.1) is 0 Å². The second kappa shape index (κ2) is 6.21. The highest BCUT2D eigenvalue weighted by atomic mass is 32.2. The molecule has 0 bridgehead atoms. The topological polar surface area (TPSA) is 51.0 Å². The monoisotopic (exact) mass is 275 g/mol. The second-order valence-corrected chi connectivity index (χ2v) is 5.85. The quantitative estimate of drug-likeness (QED) is 0.923. The van der Waals surface area contributed by atoms with Gasteiger partial charge in [0.05, 0.1) is 0 Å². The summed E-state index contributed by atoms with van der Waals surface area (Å²) in [5, 5.41) is 7.53. The van der Waals surface area contributed by atoms with Crippen molar-refractivity contribution in [3.8, 4) is 0 Å². The van der Waals surface area contributed by atoms with E-state index in [0.29, 0.717) is 6.04 Å². The maximum atomic E-state index is 5.33. The number of thioether (sulfide) groups is 1. The highest BCUT2D eigenvalue weighted by molar-refractivity contribution is 7.99. The van der Waals surface area contributed by atoms with Crippen LogP contribution in [0.1, 0.15) is 17.3 Å². The maximum absolute atomic E-state index is 5.33. The Morgan fingerprint density at radius 2 is 2.21 bits per heavy atom. The van der Waals surface area contributed by atoms with Gasteiger partial charge in [-0.25, -0.2) is 0 Å². The summed E-state index contributed by atoms with van der Waals surface area (Å²) >= 11 is 1.98. The number of nitrogens with zero attached hydrogens (tertiary/aromatic N) is 2. The van der Waals surface area contributed by atoms with Crippen LogP contribution in [0.5, 0.6) is 0 Å². The molecule has 1 atom stereocenters. The predicted octanol–water partition coefficient (Wildman–Crippen LogP) is 1.91. The first-order valence-corrected chi connectivity index (χ1v) is 7.72. The molecule has 2 heterocycles. The lowest BCUT2D eigenvalue weighted by molar-refractivity contribution is 0.359. The molecule has 1 aliphatic rings. The van der Waals surface area contributed by atoms with Crippen LogP contribution >= 0.6 is 11.8 Å². The van der Waals surface area contributed by atoms with Crippen LogP contribution in [-0.2, 0) is 12.8 Å². The highest BCUT2D eigenvalue weighted by Crippen LogP contribution is 2.12. The third-order valence-electron chi connectivity index (χ3n) is 3.13. The van der Waals surface area contributed by atoms with Crippen molar-refractivity contribution < 1.29 is 4.52 Å². The van der Waals surface area contributed by atoms with Crippen LogP contribution in [0.4, 0.5) is 0 Å². The van der Waals surface area contributed by atoms with E-state index >= 15 is 0 Å². The van der Waals surface area contributed by atoms with Gasteiger partial charge in [-0.2, -0.15) is 16.7 Å². The standard InChI is InChI=1S/C14H17N3OS/c1-2-4-11(5-3-1)8-13-16-14(18-17-13)9-12-10-19-7-6-15-12/h1-5,12,15H,6-10H2. The molecular formula is C14H17N3OS. The Balaban J connectivity index is 1.59. The first kappa shape index (κ1) is 12.7. The molecule has 1 fully saturated rings. The number of hydrogen-bond donors (Lipinski definition) is 1. The SMILES string of the molecule is c1ccc(Cc2noc(CC3CSCCN3)n2)cc1. The van der Waals surface area contributed by atoms with Crippen molar-refractivity contribution in [1.29, 1.82) is 0 Å². The van der Waals surface area contributed by atoms with E-state index in [0.717, 1.165) is 36.9 Å². The Labute approximate surface area is 117 Å². The van der Waals surface area contributed by atoms with Gasteiger partial charge < -0.3 is 9.84 Å². The first-order chi connectivity index (χ1) is 9.40. The summed E-state index contributed by atoms with van der Waals surface area (Å²) in [5.74, 6) is 3.83. The molecule has 5 heteroatoms. The third-order valence-corrected chi connectivity index (χ3v) is 4.27. The van der Waals surface area contributed by atoms with Gasteiger partial charge in [0.1, 0.15) is 0 Å². The minimum Gasteiger partial charge on any atom is -0.339 e. The van der Waals surface area contributed by atoms with Gasteiger partial charge in [-0.3, -0.25) is 0 Å². The molecule has 2 aromatic rings. The molecule has 1 aromatic carbocycles. The van der Waals surface area contributed by atoms with Crippen molar-refractivity contribution in [1.82, 2.24) is 15.5 Å². The van der Waals surface area contributed by atoms with E-state index in [4.69, 9.17) is 4.52 Å². The Kier molecular flexibility index (Phi) is 4.15. The molecule has 0 aliphatic carbocycles. The van der Waals surface area contributed by atoms with Crippen molar-refractivity contribution in [2.75, 3.05) is 18.1 Å². The van der Waals surface area contributed by atoms with Crippen molar-refractivity contribution >= 4 is 11.8 Å². The Morgan fingerprint density at radius 1 is 1.32 bits per heavy atom. The van der Waals surface area contributed by atoms with Gasteiger partial charge in [-0.1, -0.05) is 35.5 Å². The molecule has 19 heavy (non-hydrogen) atoms. The van der Waals surface area contributed by atoms with Gasteiger partial charge in [0.2, 0.25) is 5.89 Å². The molecule has 0 radical (unpaired) electrons. The molecule has 1 aromatic heterocycles. The molecular weight excluding hydrogens is 258 g/mol. The van der Waals surface area contributed by atoms with Gasteiger partial charge in [-0.05, 0) is 5.56 Å². The number of benzene rings is 1. The minimum atomic E-state index is 0.462. The van der Waals surface area contributed by atoms with Crippen molar-refractivity contribution in [3.05, 3.63) is 47.6 Å². The average Bonchev–Trinajstić information content (AvgIpc) is 2.88. The molecule has 0 saturated carbocycles. The van der Waals surface area contributed by atoms with Crippen molar-refractivity contribution in [3.63, 3.8) is 0 Å². The normalized spacial score (nSPS) is 19.5. The number of aromatic nitrogens is 2. The zero-order valence-electron chi connectivity index (χ0n) is 10.7. The third kappa shape index (κ3) is 3.58.